The highest BCUT2D eigenvalue weighted by Gasteiger charge is 2.29. The van der Waals surface area contributed by atoms with Crippen LogP contribution in [0.25, 0.3) is 0 Å². The highest BCUT2D eigenvalue weighted by Crippen LogP contribution is 2.17. The van der Waals surface area contributed by atoms with Gasteiger partial charge in [-0.3, -0.25) is 0 Å². The standard InChI is InChI=1S/C8H15NO2/c1-6(2)11-8(10)9-5-4-7(9)3/h6-7H,4-5H2,1-3H3. The van der Waals surface area contributed by atoms with Gasteiger partial charge in [0.1, 0.15) is 0 Å². The summed E-state index contributed by atoms with van der Waals surface area (Å²) in [5.41, 5.74) is 0. The summed E-state index contributed by atoms with van der Waals surface area (Å²) in [6.07, 6.45) is 0.932. The lowest BCUT2D eigenvalue weighted by molar-refractivity contribution is 0.0364. The molecule has 0 radical (unpaired) electrons. The first-order valence-electron chi connectivity index (χ1n) is 4.08. The molecule has 1 aliphatic rings. The number of hydrogen-bond acceptors (Lipinski definition) is 2. The van der Waals surface area contributed by atoms with Crippen LogP contribution < -0.4 is 0 Å². The topological polar surface area (TPSA) is 29.5 Å². The fourth-order valence-electron chi connectivity index (χ4n) is 1.06. The van der Waals surface area contributed by atoms with E-state index in [1.165, 1.54) is 0 Å². The summed E-state index contributed by atoms with van der Waals surface area (Å²) >= 11 is 0. The molecule has 0 saturated carbocycles. The zero-order valence-corrected chi connectivity index (χ0v) is 7.33. The molecule has 0 N–H and O–H groups in total. The van der Waals surface area contributed by atoms with Crippen LogP contribution in [-0.4, -0.2) is 29.7 Å². The third-order valence-electron chi connectivity index (χ3n) is 1.89. The molecule has 0 aromatic rings. The summed E-state index contributed by atoms with van der Waals surface area (Å²) in [6.45, 7) is 6.61. The summed E-state index contributed by atoms with van der Waals surface area (Å²) in [6, 6.07) is 0.376. The van der Waals surface area contributed by atoms with Gasteiger partial charge in [-0.25, -0.2) is 4.79 Å². The van der Waals surface area contributed by atoms with Gasteiger partial charge < -0.3 is 9.64 Å². The number of nitrogens with zero attached hydrogens (tertiary/aromatic N) is 1. The minimum atomic E-state index is -0.168. The number of hydrogen-bond donors (Lipinski definition) is 0. The highest BCUT2D eigenvalue weighted by molar-refractivity contribution is 5.69. The van der Waals surface area contributed by atoms with Crippen molar-refractivity contribution in [3.8, 4) is 0 Å². The molecule has 64 valence electrons. The van der Waals surface area contributed by atoms with Crippen molar-refractivity contribution in [2.24, 2.45) is 0 Å². The summed E-state index contributed by atoms with van der Waals surface area (Å²) < 4.78 is 5.01. The van der Waals surface area contributed by atoms with Crippen LogP contribution in [-0.2, 0) is 4.74 Å². The molecule has 1 saturated heterocycles. The van der Waals surface area contributed by atoms with Gasteiger partial charge in [-0.1, -0.05) is 0 Å². The molecule has 1 aliphatic heterocycles. The van der Waals surface area contributed by atoms with Crippen LogP contribution in [0.4, 0.5) is 4.79 Å². The van der Waals surface area contributed by atoms with Crippen molar-refractivity contribution < 1.29 is 9.53 Å². The molecule has 1 heterocycles. The summed E-state index contributed by atoms with van der Waals surface area (Å²) in [5.74, 6) is 0. The molecule has 1 rings (SSSR count). The van der Waals surface area contributed by atoms with Gasteiger partial charge in [0.25, 0.3) is 0 Å². The van der Waals surface area contributed by atoms with Crippen LogP contribution in [0, 0.1) is 0 Å². The number of ether oxygens (including phenoxy) is 1. The van der Waals surface area contributed by atoms with Crippen LogP contribution in [0.1, 0.15) is 27.2 Å². The Hall–Kier alpha value is -0.730. The molecule has 0 aromatic heterocycles. The Labute approximate surface area is 67.3 Å². The van der Waals surface area contributed by atoms with Gasteiger partial charge >= 0.3 is 6.09 Å². The molecular formula is C8H15NO2. The molecule has 11 heavy (non-hydrogen) atoms. The van der Waals surface area contributed by atoms with Gasteiger partial charge in [-0.2, -0.15) is 0 Å². The number of likely N-dealkylation sites (tertiary alicyclic amines) is 1. The van der Waals surface area contributed by atoms with Crippen LogP contribution in [0.5, 0.6) is 0 Å². The average Bonchev–Trinajstić information content (AvgIpc) is 1.82. The Morgan fingerprint density at radius 3 is 2.55 bits per heavy atom. The first-order chi connectivity index (χ1) is 5.11. The third-order valence-corrected chi connectivity index (χ3v) is 1.89. The number of amides is 1. The monoisotopic (exact) mass is 157 g/mol. The van der Waals surface area contributed by atoms with Gasteiger partial charge in [0.15, 0.2) is 0 Å². The maximum absolute atomic E-state index is 11.1. The number of rotatable bonds is 1. The van der Waals surface area contributed by atoms with Crippen molar-refractivity contribution in [2.45, 2.75) is 39.3 Å². The molecule has 3 nitrogen and oxygen atoms in total. The summed E-state index contributed by atoms with van der Waals surface area (Å²) in [7, 11) is 0. The maximum Gasteiger partial charge on any atom is 0.410 e. The quantitative estimate of drug-likeness (QED) is 0.579. The molecule has 0 aliphatic carbocycles. The van der Waals surface area contributed by atoms with Gasteiger partial charge in [0, 0.05) is 12.6 Å². The van der Waals surface area contributed by atoms with Crippen LogP contribution in [0.2, 0.25) is 0 Å². The van der Waals surface area contributed by atoms with Gasteiger partial charge in [0.2, 0.25) is 0 Å². The predicted molar refractivity (Wildman–Crippen MR) is 42.4 cm³/mol. The second kappa shape index (κ2) is 3.11. The second-order valence-electron chi connectivity index (χ2n) is 3.26. The van der Waals surface area contributed by atoms with Crippen LogP contribution >= 0.6 is 0 Å². The van der Waals surface area contributed by atoms with E-state index in [4.69, 9.17) is 4.74 Å². The molecule has 1 unspecified atom stereocenters. The van der Waals surface area contributed by atoms with E-state index >= 15 is 0 Å². The molecular weight excluding hydrogens is 142 g/mol. The van der Waals surface area contributed by atoms with Gasteiger partial charge in [0.05, 0.1) is 6.10 Å². The average molecular weight is 157 g/mol. The molecule has 0 bridgehead atoms. The first-order valence-corrected chi connectivity index (χ1v) is 4.08. The van der Waals surface area contributed by atoms with Gasteiger partial charge in [-0.15, -0.1) is 0 Å². The highest BCUT2D eigenvalue weighted by atomic mass is 16.6. The van der Waals surface area contributed by atoms with Crippen molar-refractivity contribution in [1.29, 1.82) is 0 Å². The molecule has 3 heteroatoms. The summed E-state index contributed by atoms with van der Waals surface area (Å²) in [5, 5.41) is 0. The van der Waals surface area contributed by atoms with E-state index < -0.39 is 0 Å². The lowest BCUT2D eigenvalue weighted by Gasteiger charge is -2.37. The van der Waals surface area contributed by atoms with Crippen LogP contribution in [0.15, 0.2) is 0 Å². The Morgan fingerprint density at radius 2 is 2.27 bits per heavy atom. The van der Waals surface area contributed by atoms with Crippen molar-refractivity contribution in [1.82, 2.24) is 4.90 Å². The maximum atomic E-state index is 11.1. The zero-order valence-electron chi connectivity index (χ0n) is 7.33. The van der Waals surface area contributed by atoms with E-state index in [-0.39, 0.29) is 12.2 Å². The van der Waals surface area contributed by atoms with E-state index in [1.54, 1.807) is 4.90 Å². The van der Waals surface area contributed by atoms with Crippen LogP contribution in [0.3, 0.4) is 0 Å². The summed E-state index contributed by atoms with van der Waals surface area (Å²) in [4.78, 5) is 12.9. The number of carbonyl (C=O) groups excluding carboxylic acids is 1. The molecule has 0 spiro atoms. The SMILES string of the molecule is CC(C)OC(=O)N1CCC1C. The van der Waals surface area contributed by atoms with Crippen molar-refractivity contribution >= 4 is 6.09 Å². The Bertz CT molecular complexity index is 156. The van der Waals surface area contributed by atoms with Crippen molar-refractivity contribution in [3.05, 3.63) is 0 Å². The molecule has 1 atom stereocenters. The Balaban J connectivity index is 2.30. The minimum Gasteiger partial charge on any atom is -0.447 e. The largest absolute Gasteiger partial charge is 0.447 e. The lowest BCUT2D eigenvalue weighted by Crippen LogP contribution is -2.50. The Morgan fingerprint density at radius 1 is 1.64 bits per heavy atom. The van der Waals surface area contributed by atoms with Crippen molar-refractivity contribution in [2.75, 3.05) is 6.54 Å². The minimum absolute atomic E-state index is 0.00435. The predicted octanol–water partition coefficient (Wildman–Crippen LogP) is 1.63. The van der Waals surface area contributed by atoms with E-state index in [0.29, 0.717) is 6.04 Å². The smallest absolute Gasteiger partial charge is 0.410 e. The normalized spacial score (nSPS) is 23.3. The Kier molecular flexibility index (Phi) is 2.37. The molecule has 1 fully saturated rings. The van der Waals surface area contributed by atoms with Gasteiger partial charge in [-0.05, 0) is 27.2 Å². The lowest BCUT2D eigenvalue weighted by atomic mass is 10.1. The molecule has 1 amide bonds. The molecule has 0 aromatic carbocycles. The van der Waals surface area contributed by atoms with E-state index in [1.807, 2.05) is 20.8 Å². The van der Waals surface area contributed by atoms with E-state index in [2.05, 4.69) is 0 Å². The fourth-order valence-corrected chi connectivity index (χ4v) is 1.06. The number of carbonyl (C=O) groups is 1. The van der Waals surface area contributed by atoms with E-state index in [0.717, 1.165) is 13.0 Å². The van der Waals surface area contributed by atoms with Crippen molar-refractivity contribution in [3.63, 3.8) is 0 Å². The fraction of sp³-hybridized carbons (Fsp3) is 0.875. The van der Waals surface area contributed by atoms with E-state index in [9.17, 15) is 4.79 Å². The second-order valence-corrected chi connectivity index (χ2v) is 3.26. The zero-order chi connectivity index (χ0) is 8.43. The third kappa shape index (κ3) is 1.85. The first kappa shape index (κ1) is 8.37.